The molecule has 1 aromatic rings. The molecule has 1 rings (SSSR count). The largest absolute Gasteiger partial charge is 0.324 e. The lowest BCUT2D eigenvalue weighted by atomic mass is 9.99. The minimum atomic E-state index is 0.0739. The van der Waals surface area contributed by atoms with Gasteiger partial charge < -0.3 is 5.73 Å². The van der Waals surface area contributed by atoms with E-state index < -0.39 is 0 Å². The highest BCUT2D eigenvalue weighted by atomic mass is 35.5. The lowest BCUT2D eigenvalue weighted by molar-refractivity contribution is 0.509. The number of aromatic nitrogens is 1. The highest BCUT2D eigenvalue weighted by Crippen LogP contribution is 2.18. The first-order valence-corrected chi connectivity index (χ1v) is 4.84. The van der Waals surface area contributed by atoms with Gasteiger partial charge in [0.05, 0.1) is 0 Å². The molecule has 72 valence electrons. The first-order chi connectivity index (χ1) is 6.09. The topological polar surface area (TPSA) is 38.9 Å². The maximum absolute atomic E-state index is 5.96. The Kier molecular flexibility index (Phi) is 3.70. The highest BCUT2D eigenvalue weighted by Gasteiger charge is 2.07. The predicted octanol–water partition coefficient (Wildman–Crippen LogP) is 2.78. The van der Waals surface area contributed by atoms with Crippen molar-refractivity contribution in [2.45, 2.75) is 26.3 Å². The minimum absolute atomic E-state index is 0.0739. The zero-order chi connectivity index (χ0) is 9.84. The molecule has 0 aliphatic heterocycles. The molecule has 0 spiro atoms. The molecule has 0 saturated carbocycles. The second kappa shape index (κ2) is 4.58. The summed E-state index contributed by atoms with van der Waals surface area (Å²) < 4.78 is 0. The first kappa shape index (κ1) is 10.5. The fourth-order valence-corrected chi connectivity index (χ4v) is 1.36. The fraction of sp³-hybridized carbons (Fsp3) is 0.500. The van der Waals surface area contributed by atoms with E-state index in [0.717, 1.165) is 12.0 Å². The standard InChI is InChI=1S/C10H15ClN2/c1-7(2)5-9(12)8-3-4-10(11)13-6-8/h3-4,6-7,9H,5,12H2,1-2H3/t9-/m0/s1. The van der Waals surface area contributed by atoms with Gasteiger partial charge in [-0.2, -0.15) is 0 Å². The third-order valence-corrected chi connectivity index (χ3v) is 2.13. The molecule has 0 radical (unpaired) electrons. The number of rotatable bonds is 3. The van der Waals surface area contributed by atoms with Crippen molar-refractivity contribution < 1.29 is 0 Å². The zero-order valence-corrected chi connectivity index (χ0v) is 8.75. The molecule has 0 aromatic carbocycles. The molecule has 1 aromatic heterocycles. The van der Waals surface area contributed by atoms with Gasteiger partial charge in [0.2, 0.25) is 0 Å². The van der Waals surface area contributed by atoms with Crippen LogP contribution in [0.4, 0.5) is 0 Å². The summed E-state index contributed by atoms with van der Waals surface area (Å²) in [5, 5.41) is 0.514. The van der Waals surface area contributed by atoms with Gasteiger partial charge in [0, 0.05) is 12.2 Å². The van der Waals surface area contributed by atoms with Gasteiger partial charge in [0.15, 0.2) is 0 Å². The van der Waals surface area contributed by atoms with Gasteiger partial charge in [-0.25, -0.2) is 4.98 Å². The van der Waals surface area contributed by atoms with Gasteiger partial charge in [-0.15, -0.1) is 0 Å². The summed E-state index contributed by atoms with van der Waals surface area (Å²) in [6.07, 6.45) is 2.72. The molecular formula is C10H15ClN2. The van der Waals surface area contributed by atoms with Crippen molar-refractivity contribution in [3.05, 3.63) is 29.0 Å². The third kappa shape index (κ3) is 3.33. The maximum Gasteiger partial charge on any atom is 0.129 e. The van der Waals surface area contributed by atoms with Gasteiger partial charge in [-0.05, 0) is 24.0 Å². The number of halogens is 1. The number of nitrogens with two attached hydrogens (primary N) is 1. The summed E-state index contributed by atoms with van der Waals surface area (Å²) in [6.45, 7) is 4.31. The van der Waals surface area contributed by atoms with Gasteiger partial charge in [-0.1, -0.05) is 31.5 Å². The van der Waals surface area contributed by atoms with Crippen molar-refractivity contribution in [1.82, 2.24) is 4.98 Å². The van der Waals surface area contributed by atoms with Gasteiger partial charge in [0.25, 0.3) is 0 Å². The van der Waals surface area contributed by atoms with E-state index >= 15 is 0 Å². The van der Waals surface area contributed by atoms with E-state index in [1.54, 1.807) is 12.3 Å². The van der Waals surface area contributed by atoms with Crippen molar-refractivity contribution in [3.8, 4) is 0 Å². The van der Waals surface area contributed by atoms with Crippen molar-refractivity contribution in [1.29, 1.82) is 0 Å². The van der Waals surface area contributed by atoms with Crippen LogP contribution in [0.3, 0.4) is 0 Å². The van der Waals surface area contributed by atoms with E-state index in [4.69, 9.17) is 17.3 Å². The van der Waals surface area contributed by atoms with Crippen LogP contribution >= 0.6 is 11.6 Å². The Bertz CT molecular complexity index is 256. The monoisotopic (exact) mass is 198 g/mol. The molecule has 2 nitrogen and oxygen atoms in total. The molecule has 0 aliphatic carbocycles. The smallest absolute Gasteiger partial charge is 0.129 e. The van der Waals surface area contributed by atoms with Crippen molar-refractivity contribution >= 4 is 11.6 Å². The molecule has 0 bridgehead atoms. The van der Waals surface area contributed by atoms with Crippen LogP contribution in [0.5, 0.6) is 0 Å². The van der Waals surface area contributed by atoms with Crippen molar-refractivity contribution in [3.63, 3.8) is 0 Å². The molecule has 13 heavy (non-hydrogen) atoms. The van der Waals surface area contributed by atoms with Crippen LogP contribution in [0.2, 0.25) is 5.15 Å². The Morgan fingerprint density at radius 1 is 1.46 bits per heavy atom. The number of hydrogen-bond acceptors (Lipinski definition) is 2. The second-order valence-electron chi connectivity index (χ2n) is 3.65. The quantitative estimate of drug-likeness (QED) is 0.759. The average Bonchev–Trinajstić information content (AvgIpc) is 2.04. The molecule has 3 heteroatoms. The van der Waals surface area contributed by atoms with E-state index in [1.165, 1.54) is 0 Å². The van der Waals surface area contributed by atoms with E-state index in [1.807, 2.05) is 6.07 Å². The highest BCUT2D eigenvalue weighted by molar-refractivity contribution is 6.29. The zero-order valence-electron chi connectivity index (χ0n) is 8.00. The first-order valence-electron chi connectivity index (χ1n) is 4.46. The summed E-state index contributed by atoms with van der Waals surface area (Å²) in [4.78, 5) is 3.99. The van der Waals surface area contributed by atoms with Crippen LogP contribution in [0.25, 0.3) is 0 Å². The Morgan fingerprint density at radius 3 is 2.62 bits per heavy atom. The Balaban J connectivity index is 2.66. The molecule has 0 unspecified atom stereocenters. The van der Waals surface area contributed by atoms with E-state index in [-0.39, 0.29) is 6.04 Å². The summed E-state index contributed by atoms with van der Waals surface area (Å²) in [5.41, 5.74) is 7.02. The molecule has 0 aliphatic rings. The van der Waals surface area contributed by atoms with Crippen LogP contribution in [0.1, 0.15) is 31.9 Å². The summed E-state index contributed by atoms with van der Waals surface area (Å²) in [5.74, 6) is 0.602. The van der Waals surface area contributed by atoms with E-state index in [2.05, 4.69) is 18.8 Å². The van der Waals surface area contributed by atoms with Crippen LogP contribution in [0, 0.1) is 5.92 Å². The predicted molar refractivity (Wildman–Crippen MR) is 55.6 cm³/mol. The molecule has 1 heterocycles. The van der Waals surface area contributed by atoms with Crippen LogP contribution in [0.15, 0.2) is 18.3 Å². The Labute approximate surface area is 84.1 Å². The maximum atomic E-state index is 5.96. The molecular weight excluding hydrogens is 184 g/mol. The fourth-order valence-electron chi connectivity index (χ4n) is 1.25. The lowest BCUT2D eigenvalue weighted by Gasteiger charge is -2.13. The van der Waals surface area contributed by atoms with Crippen molar-refractivity contribution in [2.24, 2.45) is 11.7 Å². The molecule has 1 atom stereocenters. The third-order valence-electron chi connectivity index (χ3n) is 1.90. The lowest BCUT2D eigenvalue weighted by Crippen LogP contribution is -2.12. The molecule has 0 saturated heterocycles. The van der Waals surface area contributed by atoms with Crippen molar-refractivity contribution in [2.75, 3.05) is 0 Å². The summed E-state index contributed by atoms with van der Waals surface area (Å²) >= 11 is 5.67. The molecule has 0 fully saturated rings. The molecule has 2 N–H and O–H groups in total. The van der Waals surface area contributed by atoms with E-state index in [9.17, 15) is 0 Å². The minimum Gasteiger partial charge on any atom is -0.324 e. The SMILES string of the molecule is CC(C)C[C@H](N)c1ccc(Cl)nc1. The molecule has 0 amide bonds. The van der Waals surface area contributed by atoms with Crippen LogP contribution in [-0.4, -0.2) is 4.98 Å². The average molecular weight is 199 g/mol. The Morgan fingerprint density at radius 2 is 2.15 bits per heavy atom. The van der Waals surface area contributed by atoms with Gasteiger partial charge >= 0.3 is 0 Å². The van der Waals surface area contributed by atoms with E-state index in [0.29, 0.717) is 11.1 Å². The number of nitrogens with zero attached hydrogens (tertiary/aromatic N) is 1. The summed E-state index contributed by atoms with van der Waals surface area (Å²) in [6, 6.07) is 3.78. The second-order valence-corrected chi connectivity index (χ2v) is 4.04. The van der Waals surface area contributed by atoms with Crippen LogP contribution < -0.4 is 5.73 Å². The number of hydrogen-bond donors (Lipinski definition) is 1. The van der Waals surface area contributed by atoms with Gasteiger partial charge in [0.1, 0.15) is 5.15 Å². The number of pyridine rings is 1. The summed E-state index contributed by atoms with van der Waals surface area (Å²) in [7, 11) is 0. The normalized spacial score (nSPS) is 13.3. The van der Waals surface area contributed by atoms with Crippen LogP contribution in [-0.2, 0) is 0 Å². The Hall–Kier alpha value is -0.600. The van der Waals surface area contributed by atoms with Gasteiger partial charge in [-0.3, -0.25) is 0 Å².